The lowest BCUT2D eigenvalue weighted by Gasteiger charge is -2.10. The van der Waals surface area contributed by atoms with Gasteiger partial charge in [-0.3, -0.25) is 0 Å². The minimum absolute atomic E-state index is 0.0632. The van der Waals surface area contributed by atoms with Crippen molar-refractivity contribution in [1.82, 2.24) is 0 Å². The summed E-state index contributed by atoms with van der Waals surface area (Å²) < 4.78 is 40.7. The number of aryl methyl sites for hydroxylation is 2. The second-order valence-electron chi connectivity index (χ2n) is 3.41. The van der Waals surface area contributed by atoms with Gasteiger partial charge in [-0.2, -0.15) is 13.2 Å². The molecule has 0 amide bonds. The molecule has 0 aliphatic carbocycles. The van der Waals surface area contributed by atoms with Crippen LogP contribution >= 0.6 is 11.8 Å². The Labute approximate surface area is 97.0 Å². The maximum atomic E-state index is 11.8. The van der Waals surface area contributed by atoms with Crippen LogP contribution in [0.5, 0.6) is 5.75 Å². The highest BCUT2D eigenvalue weighted by molar-refractivity contribution is 8.00. The molecule has 0 bridgehead atoms. The van der Waals surface area contributed by atoms with E-state index in [2.05, 4.69) is 0 Å². The number of hydrogen-bond acceptors (Lipinski definition) is 2. The van der Waals surface area contributed by atoms with Crippen LogP contribution in [0.25, 0.3) is 0 Å². The van der Waals surface area contributed by atoms with Crippen molar-refractivity contribution in [3.63, 3.8) is 0 Å². The first kappa shape index (κ1) is 13.2. The summed E-state index contributed by atoms with van der Waals surface area (Å²) in [6.07, 6.45) is 0. The Bertz CT molecular complexity index is 350. The fourth-order valence-corrected chi connectivity index (χ4v) is 1.67. The van der Waals surface area contributed by atoms with Gasteiger partial charge in [-0.05, 0) is 37.2 Å². The average Bonchev–Trinajstić information content (AvgIpc) is 2.13. The topological polar surface area (TPSA) is 9.23 Å². The first-order valence-electron chi connectivity index (χ1n) is 4.79. The van der Waals surface area contributed by atoms with Crippen molar-refractivity contribution >= 4 is 11.8 Å². The molecule has 90 valence electrons. The summed E-state index contributed by atoms with van der Waals surface area (Å²) in [5.41, 5.74) is -2.13. The number of hydrogen-bond donors (Lipinski definition) is 0. The zero-order valence-electron chi connectivity index (χ0n) is 9.10. The van der Waals surface area contributed by atoms with Gasteiger partial charge in [0, 0.05) is 5.75 Å². The summed E-state index contributed by atoms with van der Waals surface area (Å²) in [7, 11) is 0. The Morgan fingerprint density at radius 2 is 1.94 bits per heavy atom. The van der Waals surface area contributed by atoms with Gasteiger partial charge in [0.2, 0.25) is 0 Å². The van der Waals surface area contributed by atoms with Gasteiger partial charge < -0.3 is 4.74 Å². The van der Waals surface area contributed by atoms with Gasteiger partial charge in [0.1, 0.15) is 5.75 Å². The normalized spacial score (nSPS) is 11.6. The van der Waals surface area contributed by atoms with Gasteiger partial charge in [-0.1, -0.05) is 17.7 Å². The van der Waals surface area contributed by atoms with Crippen LogP contribution in [0.1, 0.15) is 11.1 Å². The highest BCUT2D eigenvalue weighted by Crippen LogP contribution is 2.30. The van der Waals surface area contributed by atoms with Crippen LogP contribution in [0.15, 0.2) is 18.2 Å². The number of ether oxygens (including phenoxy) is 1. The molecule has 0 spiro atoms. The van der Waals surface area contributed by atoms with Crippen LogP contribution in [0, 0.1) is 13.8 Å². The second-order valence-corrected chi connectivity index (χ2v) is 4.57. The Morgan fingerprint density at radius 1 is 1.25 bits per heavy atom. The molecule has 0 heterocycles. The quantitative estimate of drug-likeness (QED) is 0.749. The first-order chi connectivity index (χ1) is 7.38. The number of alkyl halides is 3. The van der Waals surface area contributed by atoms with Crippen LogP contribution in [0.4, 0.5) is 13.2 Å². The summed E-state index contributed by atoms with van der Waals surface area (Å²) in [5.74, 6) is 0.560. The minimum Gasteiger partial charge on any atom is -0.492 e. The largest absolute Gasteiger partial charge is 0.492 e. The molecule has 5 heteroatoms. The lowest BCUT2D eigenvalue weighted by Crippen LogP contribution is -2.07. The summed E-state index contributed by atoms with van der Waals surface area (Å²) in [4.78, 5) is 0. The van der Waals surface area contributed by atoms with Crippen molar-refractivity contribution in [3.05, 3.63) is 29.3 Å². The molecule has 0 saturated heterocycles. The van der Waals surface area contributed by atoms with E-state index in [0.717, 1.165) is 11.1 Å². The zero-order valence-corrected chi connectivity index (χ0v) is 9.91. The molecule has 16 heavy (non-hydrogen) atoms. The van der Waals surface area contributed by atoms with Crippen LogP contribution in [-0.2, 0) is 0 Å². The van der Waals surface area contributed by atoms with Crippen LogP contribution in [-0.4, -0.2) is 17.9 Å². The second kappa shape index (κ2) is 5.48. The number of thioether (sulfide) groups is 1. The Morgan fingerprint density at radius 3 is 2.50 bits per heavy atom. The van der Waals surface area contributed by atoms with Crippen molar-refractivity contribution in [2.75, 3.05) is 12.4 Å². The minimum atomic E-state index is -4.17. The molecule has 0 unspecified atom stereocenters. The van der Waals surface area contributed by atoms with E-state index in [1.165, 1.54) is 0 Å². The summed E-state index contributed by atoms with van der Waals surface area (Å²) in [6, 6.07) is 5.59. The third-order valence-electron chi connectivity index (χ3n) is 1.94. The van der Waals surface area contributed by atoms with Gasteiger partial charge in [0.15, 0.2) is 0 Å². The Hall–Kier alpha value is -0.840. The molecule has 0 N–H and O–H groups in total. The first-order valence-corrected chi connectivity index (χ1v) is 5.78. The average molecular weight is 250 g/mol. The van der Waals surface area contributed by atoms with Gasteiger partial charge >= 0.3 is 5.51 Å². The van der Waals surface area contributed by atoms with Crippen molar-refractivity contribution in [3.8, 4) is 5.75 Å². The van der Waals surface area contributed by atoms with Gasteiger partial charge in [-0.15, -0.1) is 0 Å². The monoisotopic (exact) mass is 250 g/mol. The van der Waals surface area contributed by atoms with Crippen molar-refractivity contribution in [2.24, 2.45) is 0 Å². The van der Waals surface area contributed by atoms with Crippen molar-refractivity contribution in [2.45, 2.75) is 19.4 Å². The predicted molar refractivity (Wildman–Crippen MR) is 59.9 cm³/mol. The fraction of sp³-hybridized carbons (Fsp3) is 0.455. The zero-order chi connectivity index (χ0) is 12.2. The van der Waals surface area contributed by atoms with Crippen LogP contribution < -0.4 is 4.74 Å². The third kappa shape index (κ3) is 4.79. The molecule has 1 nitrogen and oxygen atoms in total. The number of benzene rings is 1. The standard InChI is InChI=1S/C11H13F3OS/c1-8-3-4-10(9(2)7-8)15-5-6-16-11(12,13)14/h3-4,7H,5-6H2,1-2H3. The highest BCUT2D eigenvalue weighted by atomic mass is 32.2. The van der Waals surface area contributed by atoms with E-state index in [-0.39, 0.29) is 24.1 Å². The molecule has 0 aliphatic heterocycles. The maximum Gasteiger partial charge on any atom is 0.441 e. The van der Waals surface area contributed by atoms with Crippen molar-refractivity contribution < 1.29 is 17.9 Å². The lowest BCUT2D eigenvalue weighted by molar-refractivity contribution is -0.0329. The van der Waals surface area contributed by atoms with Gasteiger partial charge in [0.05, 0.1) is 6.61 Å². The van der Waals surface area contributed by atoms with E-state index in [9.17, 15) is 13.2 Å². The Kier molecular flexibility index (Phi) is 4.53. The SMILES string of the molecule is Cc1ccc(OCCSC(F)(F)F)c(C)c1. The smallest absolute Gasteiger partial charge is 0.441 e. The lowest BCUT2D eigenvalue weighted by atomic mass is 10.1. The molecule has 1 aromatic rings. The predicted octanol–water partition coefficient (Wildman–Crippen LogP) is 3.94. The molecule has 1 aromatic carbocycles. The highest BCUT2D eigenvalue weighted by Gasteiger charge is 2.27. The van der Waals surface area contributed by atoms with Crippen LogP contribution in [0.2, 0.25) is 0 Å². The molecule has 0 saturated carbocycles. The van der Waals surface area contributed by atoms with E-state index < -0.39 is 5.51 Å². The van der Waals surface area contributed by atoms with Crippen LogP contribution in [0.3, 0.4) is 0 Å². The van der Waals surface area contributed by atoms with E-state index in [1.54, 1.807) is 6.07 Å². The summed E-state index contributed by atoms with van der Waals surface area (Å²) in [5, 5.41) is 0. The third-order valence-corrected chi connectivity index (χ3v) is 2.64. The molecular formula is C11H13F3OS. The van der Waals surface area contributed by atoms with Gasteiger partial charge in [0.25, 0.3) is 0 Å². The molecule has 0 radical (unpaired) electrons. The molecular weight excluding hydrogens is 237 g/mol. The molecule has 1 rings (SSSR count). The Balaban J connectivity index is 2.38. The number of halogens is 3. The van der Waals surface area contributed by atoms with E-state index in [4.69, 9.17) is 4.74 Å². The fourth-order valence-electron chi connectivity index (χ4n) is 1.27. The summed E-state index contributed by atoms with van der Waals surface area (Å²) in [6.45, 7) is 3.89. The summed E-state index contributed by atoms with van der Waals surface area (Å²) >= 11 is -0.0632. The molecule has 0 fully saturated rings. The van der Waals surface area contributed by atoms with Gasteiger partial charge in [-0.25, -0.2) is 0 Å². The van der Waals surface area contributed by atoms with Crippen molar-refractivity contribution in [1.29, 1.82) is 0 Å². The number of rotatable bonds is 4. The molecule has 0 aromatic heterocycles. The van der Waals surface area contributed by atoms with E-state index in [0.29, 0.717) is 5.75 Å². The maximum absolute atomic E-state index is 11.8. The van der Waals surface area contributed by atoms with E-state index >= 15 is 0 Å². The molecule has 0 atom stereocenters. The molecule has 0 aliphatic rings. The van der Waals surface area contributed by atoms with E-state index in [1.807, 2.05) is 26.0 Å².